The number of rotatable bonds is 6. The molecule has 0 radical (unpaired) electrons. The Morgan fingerprint density at radius 1 is 1.47 bits per heavy atom. The first-order valence-corrected chi connectivity index (χ1v) is 6.97. The minimum Gasteiger partial charge on any atom is -0.316 e. The molecule has 90 valence electrons. The Hall–Kier alpha value is -0.170. The predicted molar refractivity (Wildman–Crippen MR) is 61.3 cm³/mol. The van der Waals surface area contributed by atoms with Crippen LogP contribution in [0.15, 0.2) is 0 Å². The van der Waals surface area contributed by atoms with E-state index in [2.05, 4.69) is 10.0 Å². The van der Waals surface area contributed by atoms with E-state index < -0.39 is 10.0 Å². The monoisotopic (exact) mass is 235 g/mol. The molecule has 0 amide bonds. The third-order valence-electron chi connectivity index (χ3n) is 2.50. The molecule has 1 saturated heterocycles. The standard InChI is InChI=1S/C9H21N3O2S/c1-12(2)6-5-11-15(13,14)8-9-3-4-10-7-9/h9-11H,3-8H2,1-2H3. The van der Waals surface area contributed by atoms with Crippen molar-refractivity contribution >= 4 is 10.0 Å². The molecule has 0 aromatic heterocycles. The Kier molecular flexibility index (Phi) is 4.98. The zero-order chi connectivity index (χ0) is 11.3. The summed E-state index contributed by atoms with van der Waals surface area (Å²) in [5.41, 5.74) is 0. The van der Waals surface area contributed by atoms with Gasteiger partial charge in [-0.05, 0) is 39.5 Å². The number of nitrogens with one attached hydrogen (secondary N) is 2. The van der Waals surface area contributed by atoms with Gasteiger partial charge >= 0.3 is 0 Å². The highest BCUT2D eigenvalue weighted by molar-refractivity contribution is 7.89. The third-order valence-corrected chi connectivity index (χ3v) is 4.05. The van der Waals surface area contributed by atoms with Crippen LogP contribution < -0.4 is 10.0 Å². The molecule has 1 unspecified atom stereocenters. The Bertz CT molecular complexity index is 271. The van der Waals surface area contributed by atoms with Crippen LogP contribution in [0, 0.1) is 5.92 Å². The smallest absolute Gasteiger partial charge is 0.211 e. The molecule has 1 aliphatic heterocycles. The van der Waals surface area contributed by atoms with Gasteiger partial charge in [-0.2, -0.15) is 0 Å². The molecule has 0 spiro atoms. The average Bonchev–Trinajstić information content (AvgIpc) is 2.54. The topological polar surface area (TPSA) is 61.4 Å². The summed E-state index contributed by atoms with van der Waals surface area (Å²) in [6, 6.07) is 0. The zero-order valence-electron chi connectivity index (χ0n) is 9.49. The predicted octanol–water partition coefficient (Wildman–Crippen LogP) is -0.923. The van der Waals surface area contributed by atoms with E-state index in [4.69, 9.17) is 0 Å². The van der Waals surface area contributed by atoms with Crippen LogP contribution in [0.5, 0.6) is 0 Å². The van der Waals surface area contributed by atoms with Crippen LogP contribution in [0.3, 0.4) is 0 Å². The molecule has 15 heavy (non-hydrogen) atoms. The van der Waals surface area contributed by atoms with Crippen LogP contribution in [-0.2, 0) is 10.0 Å². The van der Waals surface area contributed by atoms with Crippen molar-refractivity contribution in [3.8, 4) is 0 Å². The Morgan fingerprint density at radius 3 is 2.73 bits per heavy atom. The van der Waals surface area contributed by atoms with E-state index >= 15 is 0 Å². The maximum absolute atomic E-state index is 11.6. The lowest BCUT2D eigenvalue weighted by Crippen LogP contribution is -2.35. The molecule has 0 aliphatic carbocycles. The second kappa shape index (κ2) is 5.79. The maximum Gasteiger partial charge on any atom is 0.211 e. The van der Waals surface area contributed by atoms with Gasteiger partial charge in [0.2, 0.25) is 10.0 Å². The molecule has 0 aromatic rings. The van der Waals surface area contributed by atoms with Gasteiger partial charge in [0, 0.05) is 13.1 Å². The molecule has 1 fully saturated rings. The van der Waals surface area contributed by atoms with Gasteiger partial charge < -0.3 is 10.2 Å². The molecule has 6 heteroatoms. The number of sulfonamides is 1. The van der Waals surface area contributed by atoms with Gasteiger partial charge in [-0.3, -0.25) is 0 Å². The largest absolute Gasteiger partial charge is 0.316 e. The number of hydrogen-bond acceptors (Lipinski definition) is 4. The van der Waals surface area contributed by atoms with Crippen molar-refractivity contribution in [2.75, 3.05) is 46.0 Å². The maximum atomic E-state index is 11.6. The first-order chi connectivity index (χ1) is 6.99. The average molecular weight is 235 g/mol. The lowest BCUT2D eigenvalue weighted by molar-refractivity contribution is 0.412. The van der Waals surface area contributed by atoms with E-state index in [1.54, 1.807) is 0 Å². The van der Waals surface area contributed by atoms with Crippen molar-refractivity contribution in [2.45, 2.75) is 6.42 Å². The molecular weight excluding hydrogens is 214 g/mol. The van der Waals surface area contributed by atoms with Gasteiger partial charge in [0.25, 0.3) is 0 Å². The number of likely N-dealkylation sites (N-methyl/N-ethyl adjacent to an activating group) is 1. The minimum absolute atomic E-state index is 0.257. The van der Waals surface area contributed by atoms with Gasteiger partial charge in [0.05, 0.1) is 5.75 Å². The van der Waals surface area contributed by atoms with Crippen molar-refractivity contribution < 1.29 is 8.42 Å². The van der Waals surface area contributed by atoms with E-state index in [0.29, 0.717) is 6.54 Å². The first kappa shape index (κ1) is 12.9. The summed E-state index contributed by atoms with van der Waals surface area (Å²) in [7, 11) is 0.774. The summed E-state index contributed by atoms with van der Waals surface area (Å²) < 4.78 is 25.8. The van der Waals surface area contributed by atoms with Crippen molar-refractivity contribution in [2.24, 2.45) is 5.92 Å². The lowest BCUT2D eigenvalue weighted by Gasteiger charge is -2.13. The normalized spacial score (nSPS) is 22.5. The fourth-order valence-electron chi connectivity index (χ4n) is 1.65. The van der Waals surface area contributed by atoms with Crippen LogP contribution in [0.2, 0.25) is 0 Å². The summed E-state index contributed by atoms with van der Waals surface area (Å²) in [6.07, 6.45) is 0.967. The van der Waals surface area contributed by atoms with E-state index in [-0.39, 0.29) is 11.7 Å². The first-order valence-electron chi connectivity index (χ1n) is 5.32. The summed E-state index contributed by atoms with van der Waals surface area (Å²) in [4.78, 5) is 1.96. The molecule has 1 aliphatic rings. The molecule has 0 bridgehead atoms. The van der Waals surface area contributed by atoms with Crippen LogP contribution >= 0.6 is 0 Å². The molecule has 0 saturated carbocycles. The lowest BCUT2D eigenvalue weighted by atomic mass is 10.2. The van der Waals surface area contributed by atoms with Gasteiger partial charge in [0.1, 0.15) is 0 Å². The van der Waals surface area contributed by atoms with Crippen molar-refractivity contribution in [3.05, 3.63) is 0 Å². The van der Waals surface area contributed by atoms with Crippen LogP contribution in [-0.4, -0.2) is 59.3 Å². The quantitative estimate of drug-likeness (QED) is 0.625. The second-order valence-corrected chi connectivity index (χ2v) is 6.19. The van der Waals surface area contributed by atoms with Crippen LogP contribution in [0.1, 0.15) is 6.42 Å². The highest BCUT2D eigenvalue weighted by Crippen LogP contribution is 2.09. The Labute approximate surface area is 92.3 Å². The molecule has 0 aromatic carbocycles. The van der Waals surface area contributed by atoms with Gasteiger partial charge in [-0.25, -0.2) is 13.1 Å². The molecule has 1 rings (SSSR count). The van der Waals surface area contributed by atoms with Crippen LogP contribution in [0.4, 0.5) is 0 Å². The van der Waals surface area contributed by atoms with Gasteiger partial charge in [-0.15, -0.1) is 0 Å². The summed E-state index contributed by atoms with van der Waals surface area (Å²) >= 11 is 0. The van der Waals surface area contributed by atoms with Gasteiger partial charge in [-0.1, -0.05) is 0 Å². The molecular formula is C9H21N3O2S. The van der Waals surface area contributed by atoms with E-state index in [0.717, 1.165) is 26.1 Å². The molecule has 1 atom stereocenters. The Balaban J connectivity index is 2.25. The third kappa shape index (κ3) is 5.46. The SMILES string of the molecule is CN(C)CCNS(=O)(=O)CC1CCNC1. The molecule has 1 heterocycles. The van der Waals surface area contributed by atoms with Crippen LogP contribution in [0.25, 0.3) is 0 Å². The summed E-state index contributed by atoms with van der Waals surface area (Å²) in [6.45, 7) is 3.00. The summed E-state index contributed by atoms with van der Waals surface area (Å²) in [5.74, 6) is 0.537. The zero-order valence-corrected chi connectivity index (χ0v) is 10.3. The molecule has 2 N–H and O–H groups in total. The van der Waals surface area contributed by atoms with E-state index in [1.807, 2.05) is 19.0 Å². The number of nitrogens with zero attached hydrogens (tertiary/aromatic N) is 1. The highest BCUT2D eigenvalue weighted by Gasteiger charge is 2.21. The van der Waals surface area contributed by atoms with E-state index in [1.165, 1.54) is 0 Å². The highest BCUT2D eigenvalue weighted by atomic mass is 32.2. The van der Waals surface area contributed by atoms with Gasteiger partial charge in [0.15, 0.2) is 0 Å². The Morgan fingerprint density at radius 2 is 2.20 bits per heavy atom. The van der Waals surface area contributed by atoms with Crippen molar-refractivity contribution in [1.29, 1.82) is 0 Å². The fourth-order valence-corrected chi connectivity index (χ4v) is 3.08. The minimum atomic E-state index is -3.08. The summed E-state index contributed by atoms with van der Waals surface area (Å²) in [5, 5.41) is 3.17. The van der Waals surface area contributed by atoms with Crippen molar-refractivity contribution in [3.63, 3.8) is 0 Å². The van der Waals surface area contributed by atoms with Crippen molar-refractivity contribution in [1.82, 2.24) is 14.9 Å². The van der Waals surface area contributed by atoms with E-state index in [9.17, 15) is 8.42 Å². The molecule has 5 nitrogen and oxygen atoms in total. The fraction of sp³-hybridized carbons (Fsp3) is 1.00. The second-order valence-electron chi connectivity index (χ2n) is 4.34. The number of hydrogen-bond donors (Lipinski definition) is 2.